The van der Waals surface area contributed by atoms with Crippen molar-refractivity contribution in [2.75, 3.05) is 0 Å². The van der Waals surface area contributed by atoms with Crippen molar-refractivity contribution >= 4 is 18.5 Å². The summed E-state index contributed by atoms with van der Waals surface area (Å²) < 4.78 is 0. The molecule has 1 atom stereocenters. The zero-order valence-electron chi connectivity index (χ0n) is 9.34. The number of allylic oxidation sites excluding steroid dienone is 2. The monoisotopic (exact) mass is 223 g/mol. The number of nitrogens with zero attached hydrogens (tertiary/aromatic N) is 1. The molecule has 1 aliphatic rings. The Bertz CT molecular complexity index is 323. The lowest BCUT2D eigenvalue weighted by molar-refractivity contribution is -0.131. The van der Waals surface area contributed by atoms with E-state index in [1.165, 1.54) is 0 Å². The van der Waals surface area contributed by atoms with Gasteiger partial charge in [-0.15, -0.1) is 0 Å². The molecule has 0 bridgehead atoms. The first-order chi connectivity index (χ1) is 6.96. The number of carbonyl (C=O) groups is 1. The number of rotatable bonds is 1. The molecule has 0 aromatic heterocycles. The first kappa shape index (κ1) is 12.1. The molecule has 82 valence electrons. The van der Waals surface area contributed by atoms with Gasteiger partial charge in [0.2, 0.25) is 5.91 Å². The van der Waals surface area contributed by atoms with Crippen molar-refractivity contribution in [2.45, 2.75) is 32.4 Å². The van der Waals surface area contributed by atoms with Gasteiger partial charge in [-0.2, -0.15) is 12.6 Å². The highest BCUT2D eigenvalue weighted by Gasteiger charge is 2.29. The normalized spacial score (nSPS) is 22.5. The smallest absolute Gasteiger partial charge is 0.247 e. The molecular weight excluding hydrogens is 206 g/mol. The molecule has 3 heteroatoms. The van der Waals surface area contributed by atoms with E-state index in [2.05, 4.69) is 12.6 Å². The minimum Gasteiger partial charge on any atom is -0.324 e. The van der Waals surface area contributed by atoms with E-state index in [0.29, 0.717) is 0 Å². The number of hydrogen-bond donors (Lipinski definition) is 1. The van der Waals surface area contributed by atoms with Gasteiger partial charge in [0.15, 0.2) is 0 Å². The summed E-state index contributed by atoms with van der Waals surface area (Å²) in [5.41, 5.74) is -0.200. The summed E-state index contributed by atoms with van der Waals surface area (Å²) in [5.74, 6) is 0.0314. The summed E-state index contributed by atoms with van der Waals surface area (Å²) in [6.07, 6.45) is 9.14. The van der Waals surface area contributed by atoms with Crippen LogP contribution in [0.4, 0.5) is 0 Å². The number of carbonyl (C=O) groups excluding carboxylic acids is 1. The predicted molar refractivity (Wildman–Crippen MR) is 66.8 cm³/mol. The minimum atomic E-state index is -0.200. The van der Waals surface area contributed by atoms with Crippen LogP contribution in [-0.4, -0.2) is 22.4 Å². The standard InChI is InChI=1S/C12H17NOS/c1-12(2,3)13-10(8-9-15)6-4-5-7-11(13)14/h4-10,15H,1-3H3/b9-8-. The molecule has 0 radical (unpaired) electrons. The van der Waals surface area contributed by atoms with Crippen LogP contribution < -0.4 is 0 Å². The molecule has 1 unspecified atom stereocenters. The maximum Gasteiger partial charge on any atom is 0.247 e. The molecule has 1 rings (SSSR count). The Labute approximate surface area is 96.8 Å². The van der Waals surface area contributed by atoms with E-state index >= 15 is 0 Å². The van der Waals surface area contributed by atoms with Gasteiger partial charge in [0.25, 0.3) is 0 Å². The number of amides is 1. The second-order valence-electron chi connectivity index (χ2n) is 4.46. The molecule has 0 aromatic rings. The quantitative estimate of drug-likeness (QED) is 0.677. The van der Waals surface area contributed by atoms with Crippen LogP contribution in [0.2, 0.25) is 0 Å². The van der Waals surface area contributed by atoms with Crippen LogP contribution in [0, 0.1) is 0 Å². The van der Waals surface area contributed by atoms with Crippen molar-refractivity contribution in [3.8, 4) is 0 Å². The molecule has 0 saturated heterocycles. The van der Waals surface area contributed by atoms with Gasteiger partial charge in [0, 0.05) is 11.6 Å². The Hall–Kier alpha value is -0.960. The van der Waals surface area contributed by atoms with Gasteiger partial charge in [-0.1, -0.05) is 24.3 Å². The second-order valence-corrected chi connectivity index (χ2v) is 4.75. The lowest BCUT2D eigenvalue weighted by Gasteiger charge is -2.38. The maximum atomic E-state index is 11.9. The Morgan fingerprint density at radius 3 is 2.60 bits per heavy atom. The molecule has 0 aliphatic carbocycles. The summed E-state index contributed by atoms with van der Waals surface area (Å²) in [6.45, 7) is 6.08. The molecule has 0 saturated carbocycles. The fraction of sp³-hybridized carbons (Fsp3) is 0.417. The molecule has 0 N–H and O–H groups in total. The van der Waals surface area contributed by atoms with Crippen molar-refractivity contribution < 1.29 is 4.79 Å². The van der Waals surface area contributed by atoms with Gasteiger partial charge < -0.3 is 4.90 Å². The topological polar surface area (TPSA) is 20.3 Å². The van der Waals surface area contributed by atoms with Crippen LogP contribution in [0.3, 0.4) is 0 Å². The van der Waals surface area contributed by atoms with E-state index in [-0.39, 0.29) is 17.5 Å². The van der Waals surface area contributed by atoms with Gasteiger partial charge in [-0.3, -0.25) is 4.79 Å². The molecule has 0 aromatic carbocycles. The maximum absolute atomic E-state index is 11.9. The molecule has 1 amide bonds. The number of thiol groups is 1. The van der Waals surface area contributed by atoms with Crippen LogP contribution in [0.5, 0.6) is 0 Å². The zero-order valence-corrected chi connectivity index (χ0v) is 10.2. The fourth-order valence-electron chi connectivity index (χ4n) is 1.65. The van der Waals surface area contributed by atoms with Crippen LogP contribution in [0.1, 0.15) is 20.8 Å². The molecule has 1 heterocycles. The molecule has 15 heavy (non-hydrogen) atoms. The Balaban J connectivity index is 3.07. The lowest BCUT2D eigenvalue weighted by atomic mass is 10.0. The van der Waals surface area contributed by atoms with Crippen LogP contribution in [0.15, 0.2) is 35.8 Å². The van der Waals surface area contributed by atoms with Gasteiger partial charge in [-0.05, 0) is 26.2 Å². The SMILES string of the molecule is CC(C)(C)N1C(=O)C=CC=CC1/C=C\S. The first-order valence-corrected chi connectivity index (χ1v) is 5.47. The van der Waals surface area contributed by atoms with E-state index in [0.717, 1.165) is 0 Å². The number of hydrogen-bond acceptors (Lipinski definition) is 2. The Morgan fingerprint density at radius 1 is 1.40 bits per heavy atom. The minimum absolute atomic E-state index is 0.0231. The summed E-state index contributed by atoms with van der Waals surface area (Å²) in [5, 5.41) is 1.67. The van der Waals surface area contributed by atoms with E-state index in [4.69, 9.17) is 0 Å². The second kappa shape index (κ2) is 4.71. The fourth-order valence-corrected chi connectivity index (χ4v) is 1.82. The molecular formula is C12H17NOS. The molecule has 1 aliphatic heterocycles. The van der Waals surface area contributed by atoms with Gasteiger partial charge in [0.1, 0.15) is 0 Å². The van der Waals surface area contributed by atoms with E-state index in [1.807, 2.05) is 43.9 Å². The van der Waals surface area contributed by atoms with Crippen LogP contribution in [-0.2, 0) is 4.79 Å². The van der Waals surface area contributed by atoms with Gasteiger partial charge in [0.05, 0.1) is 6.04 Å². The average molecular weight is 223 g/mol. The third kappa shape index (κ3) is 2.99. The molecule has 2 nitrogen and oxygen atoms in total. The first-order valence-electron chi connectivity index (χ1n) is 4.96. The Morgan fingerprint density at radius 2 is 2.07 bits per heavy atom. The summed E-state index contributed by atoms with van der Waals surface area (Å²) in [7, 11) is 0. The van der Waals surface area contributed by atoms with Crippen molar-refractivity contribution in [2.24, 2.45) is 0 Å². The van der Waals surface area contributed by atoms with Gasteiger partial charge in [-0.25, -0.2) is 0 Å². The predicted octanol–water partition coefficient (Wildman–Crippen LogP) is 2.55. The summed E-state index contributed by atoms with van der Waals surface area (Å²) >= 11 is 4.06. The van der Waals surface area contributed by atoms with E-state index in [1.54, 1.807) is 17.6 Å². The largest absolute Gasteiger partial charge is 0.324 e. The van der Waals surface area contributed by atoms with E-state index < -0.39 is 0 Å². The highest BCUT2D eigenvalue weighted by Crippen LogP contribution is 2.21. The average Bonchev–Trinajstić information content (AvgIpc) is 2.26. The van der Waals surface area contributed by atoms with Crippen molar-refractivity contribution in [1.29, 1.82) is 0 Å². The molecule has 0 fully saturated rings. The summed E-state index contributed by atoms with van der Waals surface area (Å²) in [4.78, 5) is 13.7. The van der Waals surface area contributed by atoms with Crippen molar-refractivity contribution in [1.82, 2.24) is 4.90 Å². The van der Waals surface area contributed by atoms with Crippen LogP contribution >= 0.6 is 12.6 Å². The van der Waals surface area contributed by atoms with E-state index in [9.17, 15) is 4.79 Å². The lowest BCUT2D eigenvalue weighted by Crippen LogP contribution is -2.49. The zero-order chi connectivity index (χ0) is 11.5. The van der Waals surface area contributed by atoms with Crippen LogP contribution in [0.25, 0.3) is 0 Å². The third-order valence-corrected chi connectivity index (χ3v) is 2.37. The highest BCUT2D eigenvalue weighted by molar-refractivity contribution is 7.83. The molecule has 0 spiro atoms. The van der Waals surface area contributed by atoms with Crippen molar-refractivity contribution in [3.63, 3.8) is 0 Å². The highest BCUT2D eigenvalue weighted by atomic mass is 32.1. The third-order valence-electron chi connectivity index (χ3n) is 2.20. The Kier molecular flexibility index (Phi) is 3.80. The summed E-state index contributed by atoms with van der Waals surface area (Å²) in [6, 6.07) is -0.0231. The van der Waals surface area contributed by atoms with Gasteiger partial charge >= 0.3 is 0 Å². The van der Waals surface area contributed by atoms with Crippen molar-refractivity contribution in [3.05, 3.63) is 35.8 Å².